The highest BCUT2D eigenvalue weighted by atomic mass is 35.5. The van der Waals surface area contributed by atoms with E-state index < -0.39 is 0 Å². The smallest absolute Gasteiger partial charge is 0.126 e. The molecule has 2 rings (SSSR count). The molecular weight excluding hydrogens is 249 g/mol. The maximum atomic E-state index is 13.5. The van der Waals surface area contributed by atoms with Crippen molar-refractivity contribution in [3.8, 4) is 0 Å². The van der Waals surface area contributed by atoms with Gasteiger partial charge >= 0.3 is 0 Å². The summed E-state index contributed by atoms with van der Waals surface area (Å²) in [5, 5.41) is 3.68. The van der Waals surface area contributed by atoms with Gasteiger partial charge in [-0.1, -0.05) is 23.7 Å². The molecule has 0 heterocycles. The molecule has 0 aliphatic rings. The second-order valence-electron chi connectivity index (χ2n) is 4.32. The fourth-order valence-corrected chi connectivity index (χ4v) is 2.12. The maximum Gasteiger partial charge on any atom is 0.126 e. The summed E-state index contributed by atoms with van der Waals surface area (Å²) in [5.41, 5.74) is 3.56. The Labute approximate surface area is 112 Å². The van der Waals surface area contributed by atoms with Crippen LogP contribution in [0.4, 0.5) is 10.1 Å². The summed E-state index contributed by atoms with van der Waals surface area (Å²) in [5.74, 6) is -0.207. The summed E-state index contributed by atoms with van der Waals surface area (Å²) in [6, 6.07) is 11.2. The van der Waals surface area contributed by atoms with E-state index in [1.807, 2.05) is 31.3 Å². The largest absolute Gasteiger partial charge is 0.388 e. The minimum atomic E-state index is -0.207. The zero-order valence-electron chi connectivity index (χ0n) is 10.4. The molecular formula is C15H15ClFN. The van der Waals surface area contributed by atoms with Gasteiger partial charge in [-0.25, -0.2) is 4.39 Å². The molecule has 18 heavy (non-hydrogen) atoms. The Balaban J connectivity index is 2.25. The molecule has 2 aromatic rings. The summed E-state index contributed by atoms with van der Waals surface area (Å²) in [6.45, 7) is 1.71. The van der Waals surface area contributed by atoms with Gasteiger partial charge in [0.25, 0.3) is 0 Å². The van der Waals surface area contributed by atoms with Crippen molar-refractivity contribution in [2.45, 2.75) is 13.3 Å². The van der Waals surface area contributed by atoms with Crippen molar-refractivity contribution in [3.63, 3.8) is 0 Å². The first kappa shape index (κ1) is 12.9. The van der Waals surface area contributed by atoms with Crippen LogP contribution in [0.2, 0.25) is 5.02 Å². The number of hydrogen-bond acceptors (Lipinski definition) is 1. The van der Waals surface area contributed by atoms with Crippen molar-refractivity contribution in [1.29, 1.82) is 0 Å². The summed E-state index contributed by atoms with van der Waals surface area (Å²) in [7, 11) is 1.88. The number of halogens is 2. The van der Waals surface area contributed by atoms with Gasteiger partial charge in [0.05, 0.1) is 0 Å². The normalized spacial score (nSPS) is 10.4. The Kier molecular flexibility index (Phi) is 3.87. The molecule has 0 fully saturated rings. The van der Waals surface area contributed by atoms with E-state index in [0.717, 1.165) is 16.8 Å². The minimum Gasteiger partial charge on any atom is -0.388 e. The highest BCUT2D eigenvalue weighted by Crippen LogP contribution is 2.23. The van der Waals surface area contributed by atoms with Crippen molar-refractivity contribution in [1.82, 2.24) is 0 Å². The zero-order chi connectivity index (χ0) is 13.1. The number of anilines is 1. The highest BCUT2D eigenvalue weighted by Gasteiger charge is 2.06. The number of rotatable bonds is 3. The lowest BCUT2D eigenvalue weighted by molar-refractivity contribution is 0.616. The van der Waals surface area contributed by atoms with Gasteiger partial charge in [-0.3, -0.25) is 0 Å². The third kappa shape index (κ3) is 2.82. The van der Waals surface area contributed by atoms with Crippen LogP contribution in [0.15, 0.2) is 36.4 Å². The summed E-state index contributed by atoms with van der Waals surface area (Å²) >= 11 is 6.13. The van der Waals surface area contributed by atoms with Crippen molar-refractivity contribution in [2.75, 3.05) is 12.4 Å². The van der Waals surface area contributed by atoms with Crippen molar-refractivity contribution in [2.24, 2.45) is 0 Å². The van der Waals surface area contributed by atoms with Gasteiger partial charge in [-0.15, -0.1) is 0 Å². The standard InChI is InChI=1S/C15H15ClFN/c1-10-7-14(16)12(9-15(10)17)8-11-3-5-13(18-2)6-4-11/h3-7,9,18H,8H2,1-2H3. The topological polar surface area (TPSA) is 12.0 Å². The molecule has 0 aliphatic carbocycles. The molecule has 94 valence electrons. The van der Waals surface area contributed by atoms with Crippen LogP contribution < -0.4 is 5.32 Å². The van der Waals surface area contributed by atoms with Crippen LogP contribution in [0.1, 0.15) is 16.7 Å². The van der Waals surface area contributed by atoms with Crippen LogP contribution in [-0.4, -0.2) is 7.05 Å². The lowest BCUT2D eigenvalue weighted by Gasteiger charge is -2.08. The average Bonchev–Trinajstić information content (AvgIpc) is 2.37. The van der Waals surface area contributed by atoms with Gasteiger partial charge in [-0.05, 0) is 54.3 Å². The Morgan fingerprint density at radius 2 is 1.83 bits per heavy atom. The van der Waals surface area contributed by atoms with Gasteiger partial charge in [0, 0.05) is 17.8 Å². The molecule has 0 spiro atoms. The van der Waals surface area contributed by atoms with Crippen LogP contribution in [0.5, 0.6) is 0 Å². The van der Waals surface area contributed by atoms with Crippen molar-refractivity contribution in [3.05, 3.63) is 63.9 Å². The van der Waals surface area contributed by atoms with Gasteiger partial charge < -0.3 is 5.32 Å². The number of hydrogen-bond donors (Lipinski definition) is 1. The van der Waals surface area contributed by atoms with Gasteiger partial charge in [0.15, 0.2) is 0 Å². The van der Waals surface area contributed by atoms with Gasteiger partial charge in [0.2, 0.25) is 0 Å². The molecule has 0 atom stereocenters. The molecule has 0 aromatic heterocycles. The number of aryl methyl sites for hydroxylation is 1. The molecule has 0 aliphatic heterocycles. The SMILES string of the molecule is CNc1ccc(Cc2cc(F)c(C)cc2Cl)cc1. The lowest BCUT2D eigenvalue weighted by Crippen LogP contribution is -1.94. The quantitative estimate of drug-likeness (QED) is 0.864. The van der Waals surface area contributed by atoms with Crippen molar-refractivity contribution >= 4 is 17.3 Å². The highest BCUT2D eigenvalue weighted by molar-refractivity contribution is 6.31. The molecule has 1 N–H and O–H groups in total. The fourth-order valence-electron chi connectivity index (χ4n) is 1.83. The van der Waals surface area contributed by atoms with E-state index in [1.54, 1.807) is 13.0 Å². The third-order valence-electron chi connectivity index (χ3n) is 2.96. The monoisotopic (exact) mass is 263 g/mol. The predicted molar refractivity (Wildman–Crippen MR) is 74.9 cm³/mol. The van der Waals surface area contributed by atoms with Gasteiger partial charge in [-0.2, -0.15) is 0 Å². The fraction of sp³-hybridized carbons (Fsp3) is 0.200. The molecule has 3 heteroatoms. The lowest BCUT2D eigenvalue weighted by atomic mass is 10.0. The van der Waals surface area contributed by atoms with Crippen LogP contribution >= 0.6 is 11.6 Å². The summed E-state index contributed by atoms with van der Waals surface area (Å²) in [6.07, 6.45) is 0.639. The minimum absolute atomic E-state index is 0.207. The molecule has 0 unspecified atom stereocenters. The summed E-state index contributed by atoms with van der Waals surface area (Å²) in [4.78, 5) is 0. The predicted octanol–water partition coefficient (Wildman–Crippen LogP) is 4.42. The Morgan fingerprint density at radius 1 is 1.17 bits per heavy atom. The average molecular weight is 264 g/mol. The maximum absolute atomic E-state index is 13.5. The molecule has 2 aromatic carbocycles. The molecule has 0 saturated heterocycles. The van der Waals surface area contributed by atoms with Crippen LogP contribution in [-0.2, 0) is 6.42 Å². The van der Waals surface area contributed by atoms with E-state index in [2.05, 4.69) is 5.32 Å². The van der Waals surface area contributed by atoms with E-state index in [1.165, 1.54) is 6.07 Å². The Morgan fingerprint density at radius 3 is 2.44 bits per heavy atom. The van der Waals surface area contributed by atoms with Crippen LogP contribution in [0.25, 0.3) is 0 Å². The van der Waals surface area contributed by atoms with Crippen LogP contribution in [0, 0.1) is 12.7 Å². The molecule has 0 amide bonds. The van der Waals surface area contributed by atoms with Crippen LogP contribution in [0.3, 0.4) is 0 Å². The molecule has 0 radical (unpaired) electrons. The molecule has 0 saturated carbocycles. The van der Waals surface area contributed by atoms with E-state index >= 15 is 0 Å². The second-order valence-corrected chi connectivity index (χ2v) is 4.72. The zero-order valence-corrected chi connectivity index (χ0v) is 11.2. The Bertz CT molecular complexity index is 549. The molecule has 1 nitrogen and oxygen atoms in total. The van der Waals surface area contributed by atoms with E-state index in [0.29, 0.717) is 17.0 Å². The first-order valence-corrected chi connectivity index (χ1v) is 6.19. The van der Waals surface area contributed by atoms with E-state index in [9.17, 15) is 4.39 Å². The van der Waals surface area contributed by atoms with E-state index in [4.69, 9.17) is 11.6 Å². The van der Waals surface area contributed by atoms with Gasteiger partial charge in [0.1, 0.15) is 5.82 Å². The number of nitrogens with one attached hydrogen (secondary N) is 1. The third-order valence-corrected chi connectivity index (χ3v) is 3.32. The Hall–Kier alpha value is -1.54. The molecule has 0 bridgehead atoms. The first-order valence-electron chi connectivity index (χ1n) is 5.81. The summed E-state index contributed by atoms with van der Waals surface area (Å²) < 4.78 is 13.5. The second kappa shape index (κ2) is 5.40. The van der Waals surface area contributed by atoms with Crippen molar-refractivity contribution < 1.29 is 4.39 Å². The first-order chi connectivity index (χ1) is 8.60. The van der Waals surface area contributed by atoms with E-state index in [-0.39, 0.29) is 5.82 Å². The number of benzene rings is 2.